The van der Waals surface area contributed by atoms with Crippen molar-refractivity contribution < 1.29 is 0 Å². The van der Waals surface area contributed by atoms with E-state index in [0.29, 0.717) is 17.8 Å². The van der Waals surface area contributed by atoms with Gasteiger partial charge < -0.3 is 4.57 Å². The number of hydrogen-bond donors (Lipinski definition) is 0. The molecule has 1 unspecified atom stereocenters. The standard InChI is InChI=1S/C62H40N4S/c1-36-47-32-38(37-16-4-2-5-17-37)28-30-43(47)50-35-54-57(58-42-21-9-8-18-39(42)33-48(36)56(50)58)45-23-11-14-26-52(45)66(54)62-63-60(59-46-24-12-15-27-55(46)67-61(59)64-62)40-29-31-53-49(34-40)44-22-10-13-25-51(44)65(53)41-19-6-3-7-20-41/h2-32,34-36,48H,33H2,1H3/t36?,48-/m1/s1. The van der Waals surface area contributed by atoms with Gasteiger partial charge in [0.05, 0.1) is 27.8 Å². The molecule has 2 aliphatic carbocycles. The number of rotatable bonds is 4. The van der Waals surface area contributed by atoms with E-state index in [9.17, 15) is 0 Å². The number of nitrogens with zero attached hydrogens (tertiary/aromatic N) is 4. The first-order valence-electron chi connectivity index (χ1n) is 23.3. The molecule has 0 radical (unpaired) electrons. The molecule has 0 spiro atoms. The Hall–Kier alpha value is -8.12. The zero-order valence-electron chi connectivity index (χ0n) is 36.6. The molecule has 2 aliphatic rings. The van der Waals surface area contributed by atoms with Gasteiger partial charge in [-0.15, -0.1) is 11.3 Å². The quantitative estimate of drug-likeness (QED) is 0.177. The Bertz CT molecular complexity index is 4210. The smallest absolute Gasteiger partial charge is 0.236 e. The van der Waals surface area contributed by atoms with Crippen molar-refractivity contribution in [2.45, 2.75) is 25.2 Å². The molecule has 9 aromatic carbocycles. The second-order valence-electron chi connectivity index (χ2n) is 18.5. The molecular weight excluding hydrogens is 833 g/mol. The molecule has 0 fully saturated rings. The summed E-state index contributed by atoms with van der Waals surface area (Å²) in [6.07, 6.45) is 1.01. The third-order valence-corrected chi connectivity index (χ3v) is 16.1. The molecule has 5 heteroatoms. The number of thiophene rings is 1. The van der Waals surface area contributed by atoms with Crippen LogP contribution in [0, 0.1) is 0 Å². The van der Waals surface area contributed by atoms with Crippen LogP contribution in [-0.4, -0.2) is 19.1 Å². The Balaban J connectivity index is 1.04. The van der Waals surface area contributed by atoms with E-state index < -0.39 is 0 Å². The molecule has 0 saturated carbocycles. The van der Waals surface area contributed by atoms with Gasteiger partial charge in [-0.1, -0.05) is 159 Å². The molecular formula is C62H40N4S. The van der Waals surface area contributed by atoms with Crippen molar-refractivity contribution in [3.63, 3.8) is 0 Å². The lowest BCUT2D eigenvalue weighted by Gasteiger charge is -2.39. The fourth-order valence-electron chi connectivity index (χ4n) is 12.1. The topological polar surface area (TPSA) is 35.6 Å². The summed E-state index contributed by atoms with van der Waals surface area (Å²) >= 11 is 1.75. The van der Waals surface area contributed by atoms with E-state index in [-0.39, 0.29) is 0 Å². The van der Waals surface area contributed by atoms with E-state index in [2.05, 4.69) is 216 Å². The molecule has 0 N–H and O–H groups in total. The fourth-order valence-corrected chi connectivity index (χ4v) is 13.1. The molecule has 13 aromatic rings. The molecule has 314 valence electrons. The van der Waals surface area contributed by atoms with Crippen molar-refractivity contribution in [1.82, 2.24) is 19.1 Å². The third-order valence-electron chi connectivity index (χ3n) is 15.0. The second-order valence-corrected chi connectivity index (χ2v) is 19.5. The van der Waals surface area contributed by atoms with Gasteiger partial charge in [0.2, 0.25) is 5.95 Å². The molecule has 2 atom stereocenters. The Morgan fingerprint density at radius 3 is 2.01 bits per heavy atom. The van der Waals surface area contributed by atoms with Gasteiger partial charge in [-0.05, 0) is 117 Å². The number of fused-ring (bicyclic) bond motifs is 14. The van der Waals surface area contributed by atoms with Gasteiger partial charge in [-0.2, -0.15) is 0 Å². The van der Waals surface area contributed by atoms with E-state index in [1.54, 1.807) is 11.3 Å². The highest BCUT2D eigenvalue weighted by Gasteiger charge is 2.39. The zero-order chi connectivity index (χ0) is 43.9. The Labute approximate surface area is 390 Å². The van der Waals surface area contributed by atoms with Crippen molar-refractivity contribution in [2.75, 3.05) is 0 Å². The number of hydrogen-bond acceptors (Lipinski definition) is 3. The van der Waals surface area contributed by atoms with Crippen molar-refractivity contribution in [3.05, 3.63) is 217 Å². The van der Waals surface area contributed by atoms with E-state index >= 15 is 0 Å². The maximum atomic E-state index is 5.78. The minimum Gasteiger partial charge on any atom is -0.309 e. The summed E-state index contributed by atoms with van der Waals surface area (Å²) in [5, 5.41) is 7.19. The van der Waals surface area contributed by atoms with E-state index in [1.807, 2.05) is 0 Å². The summed E-state index contributed by atoms with van der Waals surface area (Å²) in [4.78, 5) is 12.4. The first-order chi connectivity index (χ1) is 33.2. The SMILES string of the molecule is CC1c2cc(-c3ccccc3)ccc2-c2cc3c(c4c2[C@@H]1Cc1ccccc1-4)c1ccccc1n3-c1nc(-c2ccc3c(c2)c2ccccc2n3-c2ccccc2)c2c(n1)sc1ccccc12. The number of aromatic nitrogens is 4. The van der Waals surface area contributed by atoms with Crippen LogP contribution in [-0.2, 0) is 6.42 Å². The lowest BCUT2D eigenvalue weighted by molar-refractivity contribution is 0.562. The van der Waals surface area contributed by atoms with Gasteiger partial charge in [-0.25, -0.2) is 9.97 Å². The van der Waals surface area contributed by atoms with E-state index in [1.165, 1.54) is 92.7 Å². The van der Waals surface area contributed by atoms with Gasteiger partial charge in [0.1, 0.15) is 4.83 Å². The monoisotopic (exact) mass is 872 g/mol. The summed E-state index contributed by atoms with van der Waals surface area (Å²) < 4.78 is 5.96. The summed E-state index contributed by atoms with van der Waals surface area (Å²) in [5.74, 6) is 1.36. The van der Waals surface area contributed by atoms with Gasteiger partial charge in [0.15, 0.2) is 0 Å². The van der Waals surface area contributed by atoms with Crippen molar-refractivity contribution in [2.24, 2.45) is 0 Å². The number of benzene rings is 9. The van der Waals surface area contributed by atoms with Crippen LogP contribution >= 0.6 is 11.3 Å². The summed E-state index contributed by atoms with van der Waals surface area (Å²) in [6.45, 7) is 2.46. The maximum absolute atomic E-state index is 5.78. The summed E-state index contributed by atoms with van der Waals surface area (Å²) in [5.41, 5.74) is 19.9. The molecule has 4 aromatic heterocycles. The van der Waals surface area contributed by atoms with Crippen LogP contribution in [0.5, 0.6) is 0 Å². The minimum atomic E-state index is 0.337. The highest BCUT2D eigenvalue weighted by molar-refractivity contribution is 7.25. The highest BCUT2D eigenvalue weighted by atomic mass is 32.1. The largest absolute Gasteiger partial charge is 0.309 e. The lowest BCUT2D eigenvalue weighted by atomic mass is 9.64. The Morgan fingerprint density at radius 1 is 0.478 bits per heavy atom. The molecule has 67 heavy (non-hydrogen) atoms. The predicted molar refractivity (Wildman–Crippen MR) is 280 cm³/mol. The first-order valence-corrected chi connectivity index (χ1v) is 24.1. The Morgan fingerprint density at radius 2 is 1.16 bits per heavy atom. The molecule has 0 bridgehead atoms. The minimum absolute atomic E-state index is 0.337. The van der Waals surface area contributed by atoms with E-state index in [0.717, 1.165) is 44.6 Å². The van der Waals surface area contributed by atoms with Gasteiger partial charge >= 0.3 is 0 Å². The van der Waals surface area contributed by atoms with E-state index in [4.69, 9.17) is 9.97 Å². The number of para-hydroxylation sites is 3. The van der Waals surface area contributed by atoms with Crippen molar-refractivity contribution in [1.29, 1.82) is 0 Å². The van der Waals surface area contributed by atoms with Gasteiger partial charge in [-0.3, -0.25) is 4.57 Å². The van der Waals surface area contributed by atoms with Crippen LogP contribution in [0.2, 0.25) is 0 Å². The molecule has 0 saturated heterocycles. The predicted octanol–water partition coefficient (Wildman–Crippen LogP) is 16.5. The fraction of sp³-hybridized carbons (Fsp3) is 0.0645. The average Bonchev–Trinajstić information content (AvgIpc) is 4.05. The van der Waals surface area contributed by atoms with Crippen LogP contribution in [0.3, 0.4) is 0 Å². The molecule has 15 rings (SSSR count). The summed E-state index contributed by atoms with van der Waals surface area (Å²) in [7, 11) is 0. The van der Waals surface area contributed by atoms with Crippen molar-refractivity contribution >= 4 is 75.3 Å². The van der Waals surface area contributed by atoms with Crippen LogP contribution in [0.4, 0.5) is 0 Å². The van der Waals surface area contributed by atoms with Gasteiger partial charge in [0, 0.05) is 48.3 Å². The van der Waals surface area contributed by atoms with Crippen LogP contribution in [0.1, 0.15) is 35.4 Å². The zero-order valence-corrected chi connectivity index (χ0v) is 37.4. The first kappa shape index (κ1) is 37.1. The summed E-state index contributed by atoms with van der Waals surface area (Å²) in [6, 6.07) is 73.6. The van der Waals surface area contributed by atoms with Crippen LogP contribution in [0.15, 0.2) is 200 Å². The van der Waals surface area contributed by atoms with Crippen molar-refractivity contribution in [3.8, 4) is 56.3 Å². The average molecular weight is 873 g/mol. The Kier molecular flexibility index (Phi) is 7.73. The van der Waals surface area contributed by atoms with Crippen LogP contribution in [0.25, 0.3) is 120 Å². The molecule has 0 amide bonds. The molecule has 0 aliphatic heterocycles. The lowest BCUT2D eigenvalue weighted by Crippen LogP contribution is -2.22. The van der Waals surface area contributed by atoms with Gasteiger partial charge in [0.25, 0.3) is 0 Å². The van der Waals surface area contributed by atoms with Crippen LogP contribution < -0.4 is 0 Å². The molecule has 4 heterocycles. The molecule has 4 nitrogen and oxygen atoms in total. The third kappa shape index (κ3) is 5.23. The second kappa shape index (κ2) is 13.9. The normalized spacial score (nSPS) is 15.2. The maximum Gasteiger partial charge on any atom is 0.236 e. The highest BCUT2D eigenvalue weighted by Crippen LogP contribution is 2.58.